The van der Waals surface area contributed by atoms with Crippen LogP contribution in [-0.4, -0.2) is 23.8 Å². The van der Waals surface area contributed by atoms with Crippen LogP contribution in [0, 0.1) is 0 Å². The molecule has 0 radical (unpaired) electrons. The summed E-state index contributed by atoms with van der Waals surface area (Å²) < 4.78 is 7.78. The maximum Gasteiger partial charge on any atom is 0.0639 e. The van der Waals surface area contributed by atoms with Crippen LogP contribution in [0.25, 0.3) is 10.9 Å². The number of aryl methyl sites for hydroxylation is 1. The summed E-state index contributed by atoms with van der Waals surface area (Å²) in [4.78, 5) is 0. The van der Waals surface area contributed by atoms with Gasteiger partial charge in [0.25, 0.3) is 0 Å². The van der Waals surface area contributed by atoms with Crippen LogP contribution in [-0.2, 0) is 17.7 Å². The number of ether oxygens (including phenoxy) is 1. The summed E-state index contributed by atoms with van der Waals surface area (Å²) in [6.45, 7) is 5.91. The van der Waals surface area contributed by atoms with Gasteiger partial charge < -0.3 is 15.0 Å². The van der Waals surface area contributed by atoms with Gasteiger partial charge in [-0.1, -0.05) is 12.1 Å². The Labute approximate surface area is 115 Å². The molecule has 0 atom stereocenters. The van der Waals surface area contributed by atoms with E-state index in [2.05, 4.69) is 48.9 Å². The number of hydrogen-bond donors (Lipinski definition) is 1. The van der Waals surface area contributed by atoms with Gasteiger partial charge in [0.2, 0.25) is 0 Å². The maximum atomic E-state index is 5.63. The van der Waals surface area contributed by atoms with Crippen molar-refractivity contribution in [1.82, 2.24) is 4.57 Å². The molecule has 0 unspecified atom stereocenters. The van der Waals surface area contributed by atoms with E-state index in [1.165, 1.54) is 16.5 Å². The highest BCUT2D eigenvalue weighted by molar-refractivity contribution is 5.80. The number of aromatic nitrogens is 1. The number of hydrogen-bond acceptors (Lipinski definition) is 2. The maximum absolute atomic E-state index is 5.63. The Balaban J connectivity index is 2.21. The lowest BCUT2D eigenvalue weighted by Gasteiger charge is -2.23. The third-order valence-electron chi connectivity index (χ3n) is 3.78. The minimum Gasteiger partial charge on any atom is -0.379 e. The number of rotatable bonds is 6. The van der Waals surface area contributed by atoms with Crippen molar-refractivity contribution in [1.29, 1.82) is 0 Å². The Kier molecular flexibility index (Phi) is 4.27. The monoisotopic (exact) mass is 260 g/mol. The van der Waals surface area contributed by atoms with Crippen molar-refractivity contribution in [3.05, 3.63) is 36.0 Å². The smallest absolute Gasteiger partial charge is 0.0639 e. The van der Waals surface area contributed by atoms with Crippen LogP contribution in [0.4, 0.5) is 0 Å². The van der Waals surface area contributed by atoms with Crippen LogP contribution in [0.1, 0.15) is 25.8 Å². The minimum atomic E-state index is -0.0779. The molecule has 0 saturated heterocycles. The Morgan fingerprint density at radius 2 is 2.05 bits per heavy atom. The zero-order valence-corrected chi connectivity index (χ0v) is 12.1. The fourth-order valence-electron chi connectivity index (χ4n) is 2.24. The highest BCUT2D eigenvalue weighted by Crippen LogP contribution is 2.21. The summed E-state index contributed by atoms with van der Waals surface area (Å²) >= 11 is 0. The summed E-state index contributed by atoms with van der Waals surface area (Å²) in [5, 5.41) is 1.29. The molecular formula is C16H24N2O. The van der Waals surface area contributed by atoms with Gasteiger partial charge in [0.15, 0.2) is 0 Å². The molecular weight excluding hydrogens is 236 g/mol. The molecule has 0 saturated carbocycles. The van der Waals surface area contributed by atoms with Gasteiger partial charge in [0.05, 0.1) is 5.60 Å². The highest BCUT2D eigenvalue weighted by atomic mass is 16.5. The topological polar surface area (TPSA) is 40.2 Å². The molecule has 19 heavy (non-hydrogen) atoms. The van der Waals surface area contributed by atoms with Crippen molar-refractivity contribution in [2.75, 3.05) is 13.7 Å². The molecule has 0 aliphatic carbocycles. The first kappa shape index (κ1) is 14.1. The van der Waals surface area contributed by atoms with E-state index in [4.69, 9.17) is 10.5 Å². The fraction of sp³-hybridized carbons (Fsp3) is 0.500. The van der Waals surface area contributed by atoms with Gasteiger partial charge >= 0.3 is 0 Å². The molecule has 1 aromatic carbocycles. The number of benzene rings is 1. The largest absolute Gasteiger partial charge is 0.379 e. The standard InChI is InChI=1S/C16H24N2O/c1-16(2,19-3)8-11-18-10-7-14-5-4-13(6-9-17)12-15(14)18/h4-5,7,10,12H,6,8-9,11,17H2,1-3H3. The third kappa shape index (κ3) is 3.37. The lowest BCUT2D eigenvalue weighted by molar-refractivity contribution is 0.0123. The van der Waals surface area contributed by atoms with Gasteiger partial charge in [-0.05, 0) is 56.3 Å². The van der Waals surface area contributed by atoms with Gasteiger partial charge in [0.1, 0.15) is 0 Å². The lowest BCUT2D eigenvalue weighted by atomic mass is 10.1. The molecule has 3 heteroatoms. The summed E-state index contributed by atoms with van der Waals surface area (Å²) in [6.07, 6.45) is 4.09. The zero-order chi connectivity index (χ0) is 13.9. The molecule has 0 aliphatic rings. The number of nitrogens with two attached hydrogens (primary N) is 1. The van der Waals surface area contributed by atoms with Crippen molar-refractivity contribution in [2.24, 2.45) is 5.73 Å². The third-order valence-corrected chi connectivity index (χ3v) is 3.78. The van der Waals surface area contributed by atoms with Gasteiger partial charge in [-0.3, -0.25) is 0 Å². The van der Waals surface area contributed by atoms with Gasteiger partial charge in [-0.2, -0.15) is 0 Å². The van der Waals surface area contributed by atoms with Gasteiger partial charge in [-0.15, -0.1) is 0 Å². The first-order chi connectivity index (χ1) is 9.05. The van der Waals surface area contributed by atoms with Gasteiger partial charge in [-0.25, -0.2) is 0 Å². The van der Waals surface area contributed by atoms with Crippen LogP contribution in [0.2, 0.25) is 0 Å². The first-order valence-corrected chi connectivity index (χ1v) is 6.89. The molecule has 1 heterocycles. The number of fused-ring (bicyclic) bond motifs is 1. The highest BCUT2D eigenvalue weighted by Gasteiger charge is 2.16. The van der Waals surface area contributed by atoms with E-state index in [0.29, 0.717) is 6.54 Å². The zero-order valence-electron chi connectivity index (χ0n) is 12.1. The Hall–Kier alpha value is -1.32. The second-order valence-corrected chi connectivity index (χ2v) is 5.65. The molecule has 0 aliphatic heterocycles. The summed E-state index contributed by atoms with van der Waals surface area (Å²) in [7, 11) is 1.77. The van der Waals surface area contributed by atoms with E-state index >= 15 is 0 Å². The molecule has 1 aromatic heterocycles. The first-order valence-electron chi connectivity index (χ1n) is 6.89. The number of methoxy groups -OCH3 is 1. The van der Waals surface area contributed by atoms with Crippen LogP contribution < -0.4 is 5.73 Å². The van der Waals surface area contributed by atoms with Gasteiger partial charge in [0, 0.05) is 25.4 Å². The predicted octanol–water partition coefficient (Wildman–Crippen LogP) is 2.96. The van der Waals surface area contributed by atoms with E-state index in [1.807, 2.05) is 0 Å². The van der Waals surface area contributed by atoms with Crippen LogP contribution in [0.5, 0.6) is 0 Å². The molecule has 3 nitrogen and oxygen atoms in total. The van der Waals surface area contributed by atoms with Crippen molar-refractivity contribution in [3.8, 4) is 0 Å². The van der Waals surface area contributed by atoms with Crippen molar-refractivity contribution < 1.29 is 4.74 Å². The average Bonchev–Trinajstić information content (AvgIpc) is 2.79. The molecule has 2 rings (SSSR count). The molecule has 0 spiro atoms. The quantitative estimate of drug-likeness (QED) is 0.867. The van der Waals surface area contributed by atoms with E-state index in [-0.39, 0.29) is 5.60 Å². The summed E-state index contributed by atoms with van der Waals surface area (Å²) in [6, 6.07) is 8.76. The Morgan fingerprint density at radius 1 is 1.26 bits per heavy atom. The SMILES string of the molecule is COC(C)(C)CCn1ccc2ccc(CCN)cc21. The molecule has 104 valence electrons. The molecule has 0 amide bonds. The van der Waals surface area contributed by atoms with Crippen LogP contribution in [0.3, 0.4) is 0 Å². The second-order valence-electron chi connectivity index (χ2n) is 5.65. The van der Waals surface area contributed by atoms with Crippen LogP contribution in [0.15, 0.2) is 30.5 Å². The van der Waals surface area contributed by atoms with Crippen molar-refractivity contribution >= 4 is 10.9 Å². The van der Waals surface area contributed by atoms with E-state index in [1.54, 1.807) is 7.11 Å². The van der Waals surface area contributed by atoms with Crippen molar-refractivity contribution in [3.63, 3.8) is 0 Å². The van der Waals surface area contributed by atoms with Crippen molar-refractivity contribution in [2.45, 2.75) is 38.8 Å². The van der Waals surface area contributed by atoms with Crippen LogP contribution >= 0.6 is 0 Å². The molecule has 2 N–H and O–H groups in total. The molecule has 2 aromatic rings. The average molecular weight is 260 g/mol. The summed E-state index contributed by atoms with van der Waals surface area (Å²) in [5.41, 5.74) is 8.15. The fourth-order valence-corrected chi connectivity index (χ4v) is 2.24. The number of nitrogens with zero attached hydrogens (tertiary/aromatic N) is 1. The molecule has 0 bridgehead atoms. The summed E-state index contributed by atoms with van der Waals surface area (Å²) in [5.74, 6) is 0. The second kappa shape index (κ2) is 5.76. The lowest BCUT2D eigenvalue weighted by Crippen LogP contribution is -2.24. The Morgan fingerprint density at radius 3 is 2.74 bits per heavy atom. The normalized spacial score (nSPS) is 12.2. The Bertz CT molecular complexity index is 543. The predicted molar refractivity (Wildman–Crippen MR) is 80.4 cm³/mol. The van der Waals surface area contributed by atoms with E-state index < -0.39 is 0 Å². The molecule has 0 fully saturated rings. The van der Waals surface area contributed by atoms with E-state index in [9.17, 15) is 0 Å². The van der Waals surface area contributed by atoms with E-state index in [0.717, 1.165) is 19.4 Å². The minimum absolute atomic E-state index is 0.0779.